The molecule has 0 aromatic carbocycles. The summed E-state index contributed by atoms with van der Waals surface area (Å²) in [5, 5.41) is 10.9. The molecule has 0 amide bonds. The molecule has 1 aliphatic heterocycles. The van der Waals surface area contributed by atoms with Crippen LogP contribution in [0.25, 0.3) is 0 Å². The van der Waals surface area contributed by atoms with Gasteiger partial charge < -0.3 is 9.84 Å². The first-order valence-corrected chi connectivity index (χ1v) is 4.50. The van der Waals surface area contributed by atoms with Crippen LogP contribution in [-0.4, -0.2) is 49.6 Å². The zero-order valence-corrected chi connectivity index (χ0v) is 7.62. The first-order valence-electron chi connectivity index (χ1n) is 4.50. The van der Waals surface area contributed by atoms with Gasteiger partial charge in [0.05, 0.1) is 13.2 Å². The molecule has 1 atom stereocenters. The van der Waals surface area contributed by atoms with Crippen molar-refractivity contribution >= 4 is 0 Å². The van der Waals surface area contributed by atoms with Crippen molar-refractivity contribution in [3.8, 4) is 0 Å². The highest BCUT2D eigenvalue weighted by atomic mass is 16.5. The summed E-state index contributed by atoms with van der Waals surface area (Å²) in [6, 6.07) is 0. The molecule has 1 unspecified atom stereocenters. The van der Waals surface area contributed by atoms with Crippen LogP contribution in [0.2, 0.25) is 0 Å². The van der Waals surface area contributed by atoms with Crippen molar-refractivity contribution in [3.05, 3.63) is 0 Å². The van der Waals surface area contributed by atoms with Gasteiger partial charge in [0.25, 0.3) is 0 Å². The predicted molar refractivity (Wildman–Crippen MR) is 46.6 cm³/mol. The summed E-state index contributed by atoms with van der Waals surface area (Å²) in [4.78, 5) is 0. The SMILES string of the molecule is CC(CO)CNN1CCOCC1. The van der Waals surface area contributed by atoms with Crippen molar-refractivity contribution in [2.75, 3.05) is 39.5 Å². The largest absolute Gasteiger partial charge is 0.396 e. The van der Waals surface area contributed by atoms with Gasteiger partial charge in [0.15, 0.2) is 0 Å². The lowest BCUT2D eigenvalue weighted by Gasteiger charge is -2.28. The maximum absolute atomic E-state index is 8.78. The van der Waals surface area contributed by atoms with Crippen LogP contribution in [0.5, 0.6) is 0 Å². The normalized spacial score (nSPS) is 22.5. The molecule has 0 bridgehead atoms. The fourth-order valence-corrected chi connectivity index (χ4v) is 1.07. The van der Waals surface area contributed by atoms with E-state index in [4.69, 9.17) is 9.84 Å². The average molecular weight is 174 g/mol. The van der Waals surface area contributed by atoms with Gasteiger partial charge in [0.2, 0.25) is 0 Å². The number of nitrogens with one attached hydrogen (secondary N) is 1. The molecule has 0 aliphatic carbocycles. The van der Waals surface area contributed by atoms with Gasteiger partial charge in [-0.15, -0.1) is 0 Å². The van der Waals surface area contributed by atoms with E-state index in [9.17, 15) is 0 Å². The summed E-state index contributed by atoms with van der Waals surface area (Å²) < 4.78 is 5.20. The number of hydrogen-bond donors (Lipinski definition) is 2. The summed E-state index contributed by atoms with van der Waals surface area (Å²) in [6.07, 6.45) is 0. The third-order valence-electron chi connectivity index (χ3n) is 1.99. The molecular formula is C8H18N2O2. The van der Waals surface area contributed by atoms with Crippen molar-refractivity contribution < 1.29 is 9.84 Å². The van der Waals surface area contributed by atoms with Gasteiger partial charge in [-0.2, -0.15) is 0 Å². The maximum Gasteiger partial charge on any atom is 0.0608 e. The third-order valence-corrected chi connectivity index (χ3v) is 1.99. The zero-order chi connectivity index (χ0) is 8.81. The summed E-state index contributed by atoms with van der Waals surface area (Å²) in [7, 11) is 0. The van der Waals surface area contributed by atoms with Gasteiger partial charge in [0.1, 0.15) is 0 Å². The van der Waals surface area contributed by atoms with Gasteiger partial charge in [-0.05, 0) is 5.92 Å². The Balaban J connectivity index is 2.05. The minimum Gasteiger partial charge on any atom is -0.396 e. The standard InChI is InChI=1S/C8H18N2O2/c1-8(7-11)6-9-10-2-4-12-5-3-10/h8-9,11H,2-7H2,1H3. The smallest absolute Gasteiger partial charge is 0.0608 e. The minimum atomic E-state index is 0.247. The monoisotopic (exact) mass is 174 g/mol. The fourth-order valence-electron chi connectivity index (χ4n) is 1.07. The third kappa shape index (κ3) is 3.49. The molecule has 0 aromatic rings. The lowest BCUT2D eigenvalue weighted by atomic mass is 10.2. The van der Waals surface area contributed by atoms with E-state index in [-0.39, 0.29) is 6.61 Å². The van der Waals surface area contributed by atoms with Crippen LogP contribution in [0.15, 0.2) is 0 Å². The molecule has 1 heterocycles. The second-order valence-electron chi connectivity index (χ2n) is 3.25. The number of rotatable bonds is 4. The Morgan fingerprint density at radius 1 is 1.50 bits per heavy atom. The number of hydrazine groups is 1. The van der Waals surface area contributed by atoms with E-state index in [2.05, 4.69) is 10.4 Å². The van der Waals surface area contributed by atoms with E-state index in [1.807, 2.05) is 6.92 Å². The molecule has 4 nitrogen and oxygen atoms in total. The summed E-state index contributed by atoms with van der Waals surface area (Å²) in [5.41, 5.74) is 3.27. The molecule has 1 rings (SSSR count). The minimum absolute atomic E-state index is 0.247. The van der Waals surface area contributed by atoms with E-state index >= 15 is 0 Å². The molecule has 4 heteroatoms. The van der Waals surface area contributed by atoms with Crippen molar-refractivity contribution in [2.24, 2.45) is 5.92 Å². The molecule has 0 radical (unpaired) electrons. The first kappa shape index (κ1) is 9.92. The molecule has 1 saturated heterocycles. The van der Waals surface area contributed by atoms with Gasteiger partial charge in [-0.25, -0.2) is 5.01 Å². The van der Waals surface area contributed by atoms with E-state index in [0.717, 1.165) is 32.8 Å². The molecular weight excluding hydrogens is 156 g/mol. The quantitative estimate of drug-likeness (QED) is 0.600. The number of morpholine rings is 1. The Bertz CT molecular complexity index is 116. The van der Waals surface area contributed by atoms with Gasteiger partial charge in [-0.1, -0.05) is 6.92 Å². The highest BCUT2D eigenvalue weighted by Gasteiger charge is 2.10. The van der Waals surface area contributed by atoms with Crippen molar-refractivity contribution in [3.63, 3.8) is 0 Å². The number of ether oxygens (including phenoxy) is 1. The van der Waals surface area contributed by atoms with E-state index in [0.29, 0.717) is 5.92 Å². The van der Waals surface area contributed by atoms with Crippen LogP contribution in [0, 0.1) is 5.92 Å². The lowest BCUT2D eigenvalue weighted by molar-refractivity contribution is 0.00823. The van der Waals surface area contributed by atoms with Crippen LogP contribution in [-0.2, 0) is 4.74 Å². The van der Waals surface area contributed by atoms with Crippen LogP contribution < -0.4 is 5.43 Å². The second kappa shape index (κ2) is 5.48. The van der Waals surface area contributed by atoms with Crippen molar-refractivity contribution in [1.82, 2.24) is 10.4 Å². The molecule has 0 spiro atoms. The number of nitrogens with zero attached hydrogens (tertiary/aromatic N) is 1. The molecule has 0 aromatic heterocycles. The van der Waals surface area contributed by atoms with E-state index < -0.39 is 0 Å². The van der Waals surface area contributed by atoms with Crippen molar-refractivity contribution in [1.29, 1.82) is 0 Å². The van der Waals surface area contributed by atoms with Crippen molar-refractivity contribution in [2.45, 2.75) is 6.92 Å². The highest BCUT2D eigenvalue weighted by Crippen LogP contribution is 1.94. The maximum atomic E-state index is 8.78. The highest BCUT2D eigenvalue weighted by molar-refractivity contribution is 4.59. The Morgan fingerprint density at radius 2 is 2.17 bits per heavy atom. The Morgan fingerprint density at radius 3 is 2.75 bits per heavy atom. The zero-order valence-electron chi connectivity index (χ0n) is 7.62. The summed E-state index contributed by atoms with van der Waals surface area (Å²) in [5.74, 6) is 0.327. The summed E-state index contributed by atoms with van der Waals surface area (Å²) >= 11 is 0. The number of hydrogen-bond acceptors (Lipinski definition) is 4. The second-order valence-corrected chi connectivity index (χ2v) is 3.25. The molecule has 1 aliphatic rings. The van der Waals surface area contributed by atoms with Crippen LogP contribution in [0.3, 0.4) is 0 Å². The fraction of sp³-hybridized carbons (Fsp3) is 1.00. The predicted octanol–water partition coefficient (Wildman–Crippen LogP) is -0.548. The number of aliphatic hydroxyl groups is 1. The van der Waals surface area contributed by atoms with E-state index in [1.54, 1.807) is 0 Å². The molecule has 72 valence electrons. The Hall–Kier alpha value is -0.160. The van der Waals surface area contributed by atoms with Crippen LogP contribution in [0.4, 0.5) is 0 Å². The Labute approximate surface area is 73.5 Å². The first-order chi connectivity index (χ1) is 5.83. The van der Waals surface area contributed by atoms with Crippen LogP contribution in [0.1, 0.15) is 6.92 Å². The molecule has 12 heavy (non-hydrogen) atoms. The average Bonchev–Trinajstić information content (AvgIpc) is 2.16. The molecule has 1 fully saturated rings. The van der Waals surface area contributed by atoms with Gasteiger partial charge in [-0.3, -0.25) is 5.43 Å². The number of aliphatic hydroxyl groups excluding tert-OH is 1. The van der Waals surface area contributed by atoms with Crippen LogP contribution >= 0.6 is 0 Å². The lowest BCUT2D eigenvalue weighted by Crippen LogP contribution is -2.47. The molecule has 2 N–H and O–H groups in total. The Kier molecular flexibility index (Phi) is 4.53. The molecule has 0 saturated carbocycles. The van der Waals surface area contributed by atoms with Gasteiger partial charge in [0, 0.05) is 26.2 Å². The topological polar surface area (TPSA) is 44.7 Å². The van der Waals surface area contributed by atoms with E-state index in [1.165, 1.54) is 0 Å². The summed E-state index contributed by atoms with van der Waals surface area (Å²) in [6.45, 7) is 6.61. The van der Waals surface area contributed by atoms with Gasteiger partial charge >= 0.3 is 0 Å².